The third kappa shape index (κ3) is 4.46. The molecular weight excluding hydrogens is 386 g/mol. The standard InChI is InChI=1S/C26H29N3O2/c1-16(2)25(31)29-22-13-18(10-11-27-22)24-19(12-17-8-6-5-7-9-17)23-20(28-24)14-26(3,4)15-21(23)30/h5-11,13,16,28H,12,14-15H2,1-4H3,(H,27,29,31). The van der Waals surface area contributed by atoms with Gasteiger partial charge in [0.2, 0.25) is 5.91 Å². The lowest BCUT2D eigenvalue weighted by Crippen LogP contribution is -2.27. The van der Waals surface area contributed by atoms with Gasteiger partial charge >= 0.3 is 0 Å². The maximum atomic E-state index is 13.2. The van der Waals surface area contributed by atoms with E-state index in [1.54, 1.807) is 6.20 Å². The van der Waals surface area contributed by atoms with Gasteiger partial charge in [-0.2, -0.15) is 0 Å². The molecule has 0 saturated carbocycles. The van der Waals surface area contributed by atoms with E-state index in [2.05, 4.69) is 41.3 Å². The fourth-order valence-electron chi connectivity index (χ4n) is 4.28. The summed E-state index contributed by atoms with van der Waals surface area (Å²) in [7, 11) is 0. The molecular formula is C26H29N3O2. The fraction of sp³-hybridized carbons (Fsp3) is 0.346. The highest BCUT2D eigenvalue weighted by atomic mass is 16.2. The van der Waals surface area contributed by atoms with Gasteiger partial charge in [-0.25, -0.2) is 4.98 Å². The first-order chi connectivity index (χ1) is 14.7. The van der Waals surface area contributed by atoms with Gasteiger partial charge in [0.05, 0.1) is 5.69 Å². The van der Waals surface area contributed by atoms with Crippen LogP contribution in [0.4, 0.5) is 5.82 Å². The molecule has 1 aromatic carbocycles. The molecule has 31 heavy (non-hydrogen) atoms. The molecule has 5 nitrogen and oxygen atoms in total. The quantitative estimate of drug-likeness (QED) is 0.584. The highest BCUT2D eigenvalue weighted by Crippen LogP contribution is 2.40. The molecule has 4 rings (SSSR count). The number of carbonyl (C=O) groups excluding carboxylic acids is 2. The number of rotatable bonds is 5. The number of amides is 1. The van der Waals surface area contributed by atoms with Gasteiger partial charge in [-0.15, -0.1) is 0 Å². The summed E-state index contributed by atoms with van der Waals surface area (Å²) in [6, 6.07) is 14.0. The van der Waals surface area contributed by atoms with E-state index in [-0.39, 0.29) is 23.0 Å². The Kier molecular flexibility index (Phi) is 5.52. The number of hydrogen-bond acceptors (Lipinski definition) is 3. The molecule has 1 aliphatic carbocycles. The number of anilines is 1. The number of Topliss-reactive ketones (excluding diaryl/α,β-unsaturated/α-hetero) is 1. The van der Waals surface area contributed by atoms with Gasteiger partial charge in [-0.05, 0) is 35.1 Å². The average Bonchev–Trinajstić information content (AvgIpc) is 3.06. The largest absolute Gasteiger partial charge is 0.358 e. The smallest absolute Gasteiger partial charge is 0.228 e. The molecule has 3 aromatic rings. The zero-order valence-electron chi connectivity index (χ0n) is 18.6. The van der Waals surface area contributed by atoms with Gasteiger partial charge < -0.3 is 10.3 Å². The number of aromatic amines is 1. The van der Waals surface area contributed by atoms with Gasteiger partial charge in [0.1, 0.15) is 5.82 Å². The molecule has 160 valence electrons. The van der Waals surface area contributed by atoms with Crippen LogP contribution in [0.25, 0.3) is 11.3 Å². The van der Waals surface area contributed by atoms with Crippen molar-refractivity contribution in [2.75, 3.05) is 5.32 Å². The Bertz CT molecular complexity index is 1130. The van der Waals surface area contributed by atoms with Gasteiger partial charge in [0.25, 0.3) is 0 Å². The highest BCUT2D eigenvalue weighted by molar-refractivity contribution is 6.02. The summed E-state index contributed by atoms with van der Waals surface area (Å²) in [5.74, 6) is 0.511. The van der Waals surface area contributed by atoms with Crippen LogP contribution in [0.1, 0.15) is 61.3 Å². The predicted molar refractivity (Wildman–Crippen MR) is 123 cm³/mol. The third-order valence-electron chi connectivity index (χ3n) is 5.80. The fourth-order valence-corrected chi connectivity index (χ4v) is 4.28. The molecule has 2 heterocycles. The minimum atomic E-state index is -0.128. The summed E-state index contributed by atoms with van der Waals surface area (Å²) in [6.45, 7) is 7.97. The van der Waals surface area contributed by atoms with Gasteiger partial charge in [0.15, 0.2) is 5.78 Å². The summed E-state index contributed by atoms with van der Waals surface area (Å²) in [5.41, 5.74) is 5.81. The Hall–Kier alpha value is -3.21. The number of H-pyrrole nitrogens is 1. The number of hydrogen-bond donors (Lipinski definition) is 2. The van der Waals surface area contributed by atoms with Crippen LogP contribution < -0.4 is 5.32 Å². The molecule has 0 bridgehead atoms. The minimum Gasteiger partial charge on any atom is -0.358 e. The lowest BCUT2D eigenvalue weighted by atomic mass is 9.75. The predicted octanol–water partition coefficient (Wildman–Crippen LogP) is 5.42. The summed E-state index contributed by atoms with van der Waals surface area (Å²) < 4.78 is 0. The van der Waals surface area contributed by atoms with Crippen molar-refractivity contribution in [2.24, 2.45) is 11.3 Å². The SMILES string of the molecule is CC(C)C(=O)Nc1cc(-c2[nH]c3c(c2Cc2ccccc2)C(=O)CC(C)(C)C3)ccn1. The molecule has 2 aromatic heterocycles. The number of nitrogens with zero attached hydrogens (tertiary/aromatic N) is 1. The van der Waals surface area contributed by atoms with E-state index in [0.29, 0.717) is 18.7 Å². The molecule has 2 N–H and O–H groups in total. The Labute approximate surface area is 183 Å². The van der Waals surface area contributed by atoms with Crippen molar-refractivity contribution >= 4 is 17.5 Å². The van der Waals surface area contributed by atoms with Gasteiger partial charge in [0, 0.05) is 41.8 Å². The summed E-state index contributed by atoms with van der Waals surface area (Å²) in [6.07, 6.45) is 3.75. The van der Waals surface area contributed by atoms with Crippen LogP contribution in [0.5, 0.6) is 0 Å². The van der Waals surface area contributed by atoms with Crippen molar-refractivity contribution in [2.45, 2.75) is 47.0 Å². The molecule has 0 atom stereocenters. The van der Waals surface area contributed by atoms with Crippen LogP contribution in [0.3, 0.4) is 0 Å². The molecule has 1 aliphatic rings. The van der Waals surface area contributed by atoms with Crippen LogP contribution in [0.15, 0.2) is 48.7 Å². The van der Waals surface area contributed by atoms with Crippen molar-refractivity contribution in [3.8, 4) is 11.3 Å². The first-order valence-corrected chi connectivity index (χ1v) is 10.8. The van der Waals surface area contributed by atoms with E-state index in [1.807, 2.05) is 44.2 Å². The maximum Gasteiger partial charge on any atom is 0.228 e. The number of benzene rings is 1. The zero-order valence-corrected chi connectivity index (χ0v) is 18.6. The van der Waals surface area contributed by atoms with Gasteiger partial charge in [-0.1, -0.05) is 58.0 Å². The molecule has 0 fully saturated rings. The molecule has 0 aliphatic heterocycles. The van der Waals surface area contributed by atoms with Crippen molar-refractivity contribution in [3.63, 3.8) is 0 Å². The van der Waals surface area contributed by atoms with E-state index in [4.69, 9.17) is 0 Å². The van der Waals surface area contributed by atoms with Crippen molar-refractivity contribution < 1.29 is 9.59 Å². The summed E-state index contributed by atoms with van der Waals surface area (Å²) in [4.78, 5) is 33.2. The first-order valence-electron chi connectivity index (χ1n) is 10.8. The minimum absolute atomic E-state index is 0.0646. The second kappa shape index (κ2) is 8.14. The molecule has 1 amide bonds. The molecule has 0 radical (unpaired) electrons. The Balaban J connectivity index is 1.81. The molecule has 0 saturated heterocycles. The molecule has 0 unspecified atom stereocenters. The van der Waals surface area contributed by atoms with Crippen molar-refractivity contribution in [1.29, 1.82) is 0 Å². The number of ketones is 1. The molecule has 5 heteroatoms. The van der Waals surface area contributed by atoms with E-state index in [0.717, 1.165) is 40.1 Å². The number of carbonyl (C=O) groups is 2. The summed E-state index contributed by atoms with van der Waals surface area (Å²) in [5, 5.41) is 2.87. The highest BCUT2D eigenvalue weighted by Gasteiger charge is 2.35. The second-order valence-electron chi connectivity index (χ2n) is 9.51. The van der Waals surface area contributed by atoms with Crippen LogP contribution in [0, 0.1) is 11.3 Å². The zero-order chi connectivity index (χ0) is 22.2. The number of nitrogens with one attached hydrogen (secondary N) is 2. The van der Waals surface area contributed by atoms with E-state index in [1.165, 1.54) is 0 Å². The first kappa shape index (κ1) is 21.0. The Morgan fingerprint density at radius 1 is 1.16 bits per heavy atom. The van der Waals surface area contributed by atoms with Crippen molar-refractivity contribution in [3.05, 3.63) is 71.0 Å². The maximum absolute atomic E-state index is 13.2. The van der Waals surface area contributed by atoms with Crippen molar-refractivity contribution in [1.82, 2.24) is 9.97 Å². The lowest BCUT2D eigenvalue weighted by Gasteiger charge is -2.28. The average molecular weight is 416 g/mol. The Morgan fingerprint density at radius 2 is 1.90 bits per heavy atom. The van der Waals surface area contributed by atoms with E-state index < -0.39 is 0 Å². The normalized spacial score (nSPS) is 15.1. The van der Waals surface area contributed by atoms with Crippen LogP contribution in [-0.4, -0.2) is 21.7 Å². The number of pyridine rings is 1. The van der Waals surface area contributed by atoms with Gasteiger partial charge in [-0.3, -0.25) is 9.59 Å². The topological polar surface area (TPSA) is 74.8 Å². The number of aromatic nitrogens is 2. The van der Waals surface area contributed by atoms with Crippen LogP contribution in [0.2, 0.25) is 0 Å². The third-order valence-corrected chi connectivity index (χ3v) is 5.80. The Morgan fingerprint density at radius 3 is 2.61 bits per heavy atom. The molecule has 0 spiro atoms. The second-order valence-corrected chi connectivity index (χ2v) is 9.51. The van der Waals surface area contributed by atoms with E-state index in [9.17, 15) is 9.59 Å². The van der Waals surface area contributed by atoms with E-state index >= 15 is 0 Å². The lowest BCUT2D eigenvalue weighted by molar-refractivity contribution is -0.118. The van der Waals surface area contributed by atoms with Crippen LogP contribution >= 0.6 is 0 Å². The van der Waals surface area contributed by atoms with Crippen LogP contribution in [-0.2, 0) is 17.6 Å². The number of fused-ring (bicyclic) bond motifs is 1. The monoisotopic (exact) mass is 415 g/mol. The summed E-state index contributed by atoms with van der Waals surface area (Å²) >= 11 is 0.